The summed E-state index contributed by atoms with van der Waals surface area (Å²) in [4.78, 5) is 14.9. The van der Waals surface area contributed by atoms with Gasteiger partial charge in [-0.15, -0.1) is 0 Å². The zero-order chi connectivity index (χ0) is 21.7. The largest absolute Gasteiger partial charge is 0.493 e. The molecule has 30 heavy (non-hydrogen) atoms. The minimum atomic E-state index is -0.102. The second-order valence-electron chi connectivity index (χ2n) is 7.28. The summed E-state index contributed by atoms with van der Waals surface area (Å²) < 4.78 is 11.0. The Kier molecular flexibility index (Phi) is 7.15. The van der Waals surface area contributed by atoms with Crippen molar-refractivity contribution in [1.29, 1.82) is 0 Å². The van der Waals surface area contributed by atoms with Crippen LogP contribution in [0.25, 0.3) is 0 Å². The number of methoxy groups -OCH3 is 2. The van der Waals surface area contributed by atoms with E-state index in [9.17, 15) is 4.79 Å². The molecule has 0 aromatic heterocycles. The number of carbonyl (C=O) groups excluding carboxylic acids is 1. The maximum absolute atomic E-state index is 12.7. The molecule has 2 aromatic carbocycles. The van der Waals surface area contributed by atoms with E-state index in [2.05, 4.69) is 15.5 Å². The van der Waals surface area contributed by atoms with Gasteiger partial charge in [0.25, 0.3) is 5.91 Å². The van der Waals surface area contributed by atoms with E-state index in [1.807, 2.05) is 50.2 Å². The van der Waals surface area contributed by atoms with Crippen LogP contribution in [0.2, 0.25) is 0 Å². The summed E-state index contributed by atoms with van der Waals surface area (Å²) in [6.07, 6.45) is 0.837. The number of carbonyl (C=O) groups is 1. The molecule has 0 saturated heterocycles. The van der Waals surface area contributed by atoms with Crippen LogP contribution in [0, 0.1) is 6.92 Å². The molecular formula is C23H29N3O3S. The number of nitrogens with one attached hydrogen (secondary N) is 2. The van der Waals surface area contributed by atoms with E-state index in [1.165, 1.54) is 5.56 Å². The number of thiocarbonyl (C=S) groups is 1. The fourth-order valence-electron chi connectivity index (χ4n) is 3.74. The molecule has 0 radical (unpaired) electrons. The number of aryl methyl sites for hydroxylation is 1. The molecule has 0 fully saturated rings. The molecule has 3 rings (SSSR count). The van der Waals surface area contributed by atoms with E-state index in [-0.39, 0.29) is 11.9 Å². The van der Waals surface area contributed by atoms with Crippen LogP contribution in [0.4, 0.5) is 0 Å². The van der Waals surface area contributed by atoms with Gasteiger partial charge in [0.2, 0.25) is 0 Å². The van der Waals surface area contributed by atoms with E-state index in [0.29, 0.717) is 28.7 Å². The third-order valence-corrected chi connectivity index (χ3v) is 5.74. The van der Waals surface area contributed by atoms with Gasteiger partial charge in [-0.25, -0.2) is 0 Å². The molecule has 2 aromatic rings. The van der Waals surface area contributed by atoms with Crippen LogP contribution in [0.5, 0.6) is 11.5 Å². The number of amides is 1. The first kappa shape index (κ1) is 21.9. The molecule has 0 unspecified atom stereocenters. The molecule has 6 nitrogen and oxygen atoms in total. The molecule has 1 atom stereocenters. The lowest BCUT2D eigenvalue weighted by molar-refractivity contribution is 0.0942. The molecule has 1 amide bonds. The Labute approximate surface area is 183 Å². The van der Waals surface area contributed by atoms with E-state index in [4.69, 9.17) is 21.7 Å². The maximum Gasteiger partial charge on any atom is 0.251 e. The van der Waals surface area contributed by atoms with Crippen LogP contribution < -0.4 is 20.1 Å². The Hall–Kier alpha value is -2.80. The van der Waals surface area contributed by atoms with E-state index in [0.717, 1.165) is 30.6 Å². The lowest BCUT2D eigenvalue weighted by Crippen LogP contribution is -2.48. The number of hydrogen-bond acceptors (Lipinski definition) is 4. The number of benzene rings is 2. The van der Waals surface area contributed by atoms with Crippen LogP contribution >= 0.6 is 12.2 Å². The molecule has 0 bridgehead atoms. The Morgan fingerprint density at radius 1 is 1.13 bits per heavy atom. The Morgan fingerprint density at radius 3 is 2.43 bits per heavy atom. The Morgan fingerprint density at radius 2 is 1.80 bits per heavy atom. The van der Waals surface area contributed by atoms with Crippen LogP contribution in [0.1, 0.15) is 40.0 Å². The first-order valence-corrected chi connectivity index (χ1v) is 10.5. The van der Waals surface area contributed by atoms with Crippen LogP contribution in [0.3, 0.4) is 0 Å². The van der Waals surface area contributed by atoms with Crippen molar-refractivity contribution in [1.82, 2.24) is 15.5 Å². The number of hydrogen-bond donors (Lipinski definition) is 2. The first-order chi connectivity index (χ1) is 14.5. The number of ether oxygens (including phenoxy) is 2. The van der Waals surface area contributed by atoms with Gasteiger partial charge < -0.3 is 25.0 Å². The highest BCUT2D eigenvalue weighted by Crippen LogP contribution is 2.38. The molecular weight excluding hydrogens is 398 g/mol. The third kappa shape index (κ3) is 4.67. The number of nitrogens with zero attached hydrogens (tertiary/aromatic N) is 1. The van der Waals surface area contributed by atoms with Gasteiger partial charge in [0.15, 0.2) is 16.6 Å². The maximum atomic E-state index is 12.7. The number of fused-ring (bicyclic) bond motifs is 1. The van der Waals surface area contributed by atoms with E-state index in [1.54, 1.807) is 14.2 Å². The molecule has 2 N–H and O–H groups in total. The van der Waals surface area contributed by atoms with Crippen molar-refractivity contribution in [2.45, 2.75) is 26.3 Å². The summed E-state index contributed by atoms with van der Waals surface area (Å²) in [5.74, 6) is 1.28. The number of rotatable bonds is 6. The van der Waals surface area contributed by atoms with Gasteiger partial charge in [-0.3, -0.25) is 4.79 Å². The average Bonchev–Trinajstić information content (AvgIpc) is 2.76. The van der Waals surface area contributed by atoms with Gasteiger partial charge in [0, 0.05) is 25.2 Å². The van der Waals surface area contributed by atoms with Crippen molar-refractivity contribution in [3.63, 3.8) is 0 Å². The van der Waals surface area contributed by atoms with Gasteiger partial charge in [-0.05, 0) is 67.9 Å². The standard InChI is InChI=1S/C23H29N3O3S/c1-5-24-23(30)26-11-10-17-12-20(28-3)21(29-4)13-18(17)19(26)14-25-22(27)16-8-6-15(2)7-9-16/h6-9,12-13,19H,5,10-11,14H2,1-4H3,(H,24,30)(H,25,27)/t19-/m1/s1. The molecule has 160 valence electrons. The smallest absolute Gasteiger partial charge is 0.251 e. The van der Waals surface area contributed by atoms with Crippen molar-refractivity contribution in [2.24, 2.45) is 0 Å². The minimum Gasteiger partial charge on any atom is -0.493 e. The van der Waals surface area contributed by atoms with E-state index >= 15 is 0 Å². The van der Waals surface area contributed by atoms with Gasteiger partial charge in [0.1, 0.15) is 0 Å². The molecule has 1 aliphatic rings. The minimum absolute atomic E-state index is 0.100. The Bertz CT molecular complexity index is 915. The first-order valence-electron chi connectivity index (χ1n) is 10.1. The predicted molar refractivity (Wildman–Crippen MR) is 122 cm³/mol. The topological polar surface area (TPSA) is 62.8 Å². The van der Waals surface area contributed by atoms with Crippen LogP contribution in [-0.4, -0.2) is 49.8 Å². The second-order valence-corrected chi connectivity index (χ2v) is 7.66. The lowest BCUT2D eigenvalue weighted by atomic mass is 9.92. The highest BCUT2D eigenvalue weighted by atomic mass is 32.1. The average molecular weight is 428 g/mol. The summed E-state index contributed by atoms with van der Waals surface area (Å²) in [6.45, 7) is 5.96. The summed E-state index contributed by atoms with van der Waals surface area (Å²) in [7, 11) is 3.27. The van der Waals surface area contributed by atoms with Crippen molar-refractivity contribution >= 4 is 23.2 Å². The summed E-state index contributed by atoms with van der Waals surface area (Å²) >= 11 is 5.62. The predicted octanol–water partition coefficient (Wildman–Crippen LogP) is 3.24. The lowest BCUT2D eigenvalue weighted by Gasteiger charge is -2.39. The molecule has 0 spiro atoms. The zero-order valence-electron chi connectivity index (χ0n) is 18.0. The van der Waals surface area contributed by atoms with Crippen molar-refractivity contribution in [2.75, 3.05) is 33.9 Å². The molecule has 7 heteroatoms. The quantitative estimate of drug-likeness (QED) is 0.690. The summed E-state index contributed by atoms with van der Waals surface area (Å²) in [6, 6.07) is 11.5. The summed E-state index contributed by atoms with van der Waals surface area (Å²) in [5, 5.41) is 7.01. The van der Waals surface area contributed by atoms with Gasteiger partial charge in [-0.2, -0.15) is 0 Å². The highest BCUT2D eigenvalue weighted by Gasteiger charge is 2.31. The normalized spacial score (nSPS) is 15.2. The molecule has 1 aliphatic heterocycles. The molecule has 0 aliphatic carbocycles. The van der Waals surface area contributed by atoms with Crippen molar-refractivity contribution in [3.8, 4) is 11.5 Å². The van der Waals surface area contributed by atoms with Gasteiger partial charge in [-0.1, -0.05) is 17.7 Å². The van der Waals surface area contributed by atoms with Crippen molar-refractivity contribution < 1.29 is 14.3 Å². The Balaban J connectivity index is 1.89. The monoisotopic (exact) mass is 427 g/mol. The van der Waals surface area contributed by atoms with Crippen LogP contribution in [-0.2, 0) is 6.42 Å². The van der Waals surface area contributed by atoms with E-state index < -0.39 is 0 Å². The third-order valence-electron chi connectivity index (χ3n) is 5.36. The second kappa shape index (κ2) is 9.80. The van der Waals surface area contributed by atoms with Gasteiger partial charge in [0.05, 0.1) is 20.3 Å². The summed E-state index contributed by atoms with van der Waals surface area (Å²) in [5.41, 5.74) is 4.03. The highest BCUT2D eigenvalue weighted by molar-refractivity contribution is 7.80. The zero-order valence-corrected chi connectivity index (χ0v) is 18.8. The molecule has 1 heterocycles. The van der Waals surface area contributed by atoms with Crippen molar-refractivity contribution in [3.05, 3.63) is 58.7 Å². The fraction of sp³-hybridized carbons (Fsp3) is 0.391. The fourth-order valence-corrected chi connectivity index (χ4v) is 4.10. The SMILES string of the molecule is CCNC(=S)N1CCc2cc(OC)c(OC)cc2[C@H]1CNC(=O)c1ccc(C)cc1. The van der Waals surface area contributed by atoms with Crippen LogP contribution in [0.15, 0.2) is 36.4 Å². The molecule has 0 saturated carbocycles. The van der Waals surface area contributed by atoms with Gasteiger partial charge >= 0.3 is 0 Å².